The Balaban J connectivity index is 1.66. The number of aryl methyl sites for hydroxylation is 2. The molecule has 4 aromatic heterocycles. The fourth-order valence-electron chi connectivity index (χ4n) is 2.77. The molecule has 134 valence electrons. The molecule has 0 aliphatic carbocycles. The third-order valence-corrected chi connectivity index (χ3v) is 3.94. The van der Waals surface area contributed by atoms with Crippen molar-refractivity contribution in [1.82, 2.24) is 44.7 Å². The van der Waals surface area contributed by atoms with Crippen molar-refractivity contribution in [3.63, 3.8) is 0 Å². The maximum absolute atomic E-state index is 5.90. The van der Waals surface area contributed by atoms with Gasteiger partial charge in [-0.15, -0.1) is 15.3 Å². The number of fused-ring (bicyclic) bond motifs is 3. The molecule has 0 bridgehead atoms. The summed E-state index contributed by atoms with van der Waals surface area (Å²) in [6, 6.07) is 7.67. The van der Waals surface area contributed by atoms with Crippen molar-refractivity contribution in [2.75, 3.05) is 0 Å². The Hall–Kier alpha value is -3.89. The molecule has 0 unspecified atom stereocenters. The Labute approximate surface area is 151 Å². The minimum Gasteiger partial charge on any atom is -0.468 e. The Bertz CT molecular complexity index is 1270. The van der Waals surface area contributed by atoms with Gasteiger partial charge >= 0.3 is 0 Å². The third kappa shape index (κ3) is 2.56. The molecule has 0 aliphatic rings. The minimum absolute atomic E-state index is 0.183. The van der Waals surface area contributed by atoms with E-state index >= 15 is 0 Å². The molecular formula is C16H13N9O2. The lowest BCUT2D eigenvalue weighted by Crippen LogP contribution is -2.05. The van der Waals surface area contributed by atoms with Gasteiger partial charge in [0.15, 0.2) is 18.1 Å². The molecule has 0 saturated heterocycles. The zero-order chi connectivity index (χ0) is 18.4. The first-order chi connectivity index (χ1) is 13.2. The summed E-state index contributed by atoms with van der Waals surface area (Å²) in [7, 11) is 1.80. The van der Waals surface area contributed by atoms with Crippen LogP contribution in [0.25, 0.3) is 28.1 Å². The van der Waals surface area contributed by atoms with Crippen LogP contribution in [-0.2, 0) is 13.7 Å². The molecule has 4 heterocycles. The molecule has 27 heavy (non-hydrogen) atoms. The quantitative estimate of drug-likeness (QED) is 0.465. The topological polar surface area (TPSA) is 122 Å². The highest BCUT2D eigenvalue weighted by Gasteiger charge is 2.19. The van der Waals surface area contributed by atoms with Gasteiger partial charge in [-0.3, -0.25) is 4.68 Å². The van der Waals surface area contributed by atoms with Crippen LogP contribution in [0.1, 0.15) is 11.7 Å². The smallest absolute Gasteiger partial charge is 0.242 e. The fraction of sp³-hybridized carbons (Fsp3) is 0.188. The second kappa shape index (κ2) is 5.83. The van der Waals surface area contributed by atoms with Gasteiger partial charge in [-0.1, -0.05) is 23.4 Å². The van der Waals surface area contributed by atoms with Gasteiger partial charge < -0.3 is 9.26 Å². The molecule has 0 amide bonds. The average Bonchev–Trinajstić information content (AvgIpc) is 3.39. The number of benzene rings is 1. The molecule has 0 fully saturated rings. The third-order valence-electron chi connectivity index (χ3n) is 3.94. The summed E-state index contributed by atoms with van der Waals surface area (Å²) in [5, 5.41) is 22.7. The van der Waals surface area contributed by atoms with E-state index in [-0.39, 0.29) is 6.61 Å². The molecule has 0 atom stereocenters. The van der Waals surface area contributed by atoms with Crippen molar-refractivity contribution < 1.29 is 9.26 Å². The summed E-state index contributed by atoms with van der Waals surface area (Å²) in [6.07, 6.45) is 1.61. The summed E-state index contributed by atoms with van der Waals surface area (Å²) in [5.41, 5.74) is 0.575. The lowest BCUT2D eigenvalue weighted by molar-refractivity contribution is 0.283. The predicted molar refractivity (Wildman–Crippen MR) is 91.7 cm³/mol. The van der Waals surface area contributed by atoms with Gasteiger partial charge in [-0.2, -0.15) is 14.6 Å². The number of aromatic nitrogens is 9. The van der Waals surface area contributed by atoms with Crippen molar-refractivity contribution in [2.45, 2.75) is 13.5 Å². The van der Waals surface area contributed by atoms with Gasteiger partial charge in [0, 0.05) is 24.7 Å². The molecule has 0 saturated carbocycles. The predicted octanol–water partition coefficient (Wildman–Crippen LogP) is 1.34. The van der Waals surface area contributed by atoms with E-state index in [0.717, 1.165) is 10.8 Å². The van der Waals surface area contributed by atoms with Gasteiger partial charge in [0.1, 0.15) is 6.33 Å². The lowest BCUT2D eigenvalue weighted by Gasteiger charge is -2.08. The van der Waals surface area contributed by atoms with Gasteiger partial charge in [0.2, 0.25) is 23.4 Å². The molecular weight excluding hydrogens is 350 g/mol. The van der Waals surface area contributed by atoms with Crippen LogP contribution in [0.4, 0.5) is 0 Å². The van der Waals surface area contributed by atoms with E-state index in [0.29, 0.717) is 34.9 Å². The Morgan fingerprint density at radius 1 is 1.11 bits per heavy atom. The summed E-state index contributed by atoms with van der Waals surface area (Å²) in [6.45, 7) is 1.89. The van der Waals surface area contributed by atoms with Crippen molar-refractivity contribution in [2.24, 2.45) is 7.05 Å². The van der Waals surface area contributed by atoms with E-state index in [9.17, 15) is 0 Å². The average molecular weight is 363 g/mol. The van der Waals surface area contributed by atoms with Crippen LogP contribution in [0, 0.1) is 6.92 Å². The zero-order valence-corrected chi connectivity index (χ0v) is 14.4. The van der Waals surface area contributed by atoms with Crippen LogP contribution in [0.5, 0.6) is 5.88 Å². The molecule has 1 aromatic carbocycles. The van der Waals surface area contributed by atoms with Crippen LogP contribution in [-0.4, -0.2) is 44.7 Å². The Morgan fingerprint density at radius 2 is 1.96 bits per heavy atom. The van der Waals surface area contributed by atoms with Crippen LogP contribution >= 0.6 is 0 Å². The summed E-state index contributed by atoms with van der Waals surface area (Å²) >= 11 is 0. The molecule has 11 heteroatoms. The first-order valence-corrected chi connectivity index (χ1v) is 8.11. The second-order valence-electron chi connectivity index (χ2n) is 5.87. The number of hydrogen-bond donors (Lipinski definition) is 0. The van der Waals surface area contributed by atoms with Crippen molar-refractivity contribution in [3.05, 3.63) is 42.3 Å². The van der Waals surface area contributed by atoms with E-state index in [1.54, 1.807) is 29.5 Å². The van der Waals surface area contributed by atoms with Crippen LogP contribution in [0.3, 0.4) is 0 Å². The first kappa shape index (κ1) is 15.4. The minimum atomic E-state index is 0.183. The fourth-order valence-corrected chi connectivity index (χ4v) is 2.77. The van der Waals surface area contributed by atoms with E-state index in [1.807, 2.05) is 24.3 Å². The molecule has 5 aromatic rings. The van der Waals surface area contributed by atoms with Crippen molar-refractivity contribution in [3.8, 4) is 17.5 Å². The van der Waals surface area contributed by atoms with E-state index < -0.39 is 0 Å². The second-order valence-corrected chi connectivity index (χ2v) is 5.87. The summed E-state index contributed by atoms with van der Waals surface area (Å²) in [5.74, 6) is 2.07. The number of nitrogens with zero attached hydrogens (tertiary/aromatic N) is 9. The van der Waals surface area contributed by atoms with Gasteiger partial charge in [0.25, 0.3) is 0 Å². The van der Waals surface area contributed by atoms with Gasteiger partial charge in [-0.05, 0) is 6.07 Å². The summed E-state index contributed by atoms with van der Waals surface area (Å²) < 4.78 is 14.1. The van der Waals surface area contributed by atoms with E-state index in [1.165, 1.54) is 0 Å². The Morgan fingerprint density at radius 3 is 2.70 bits per heavy atom. The zero-order valence-electron chi connectivity index (χ0n) is 14.4. The van der Waals surface area contributed by atoms with Crippen molar-refractivity contribution >= 4 is 16.4 Å². The van der Waals surface area contributed by atoms with Crippen molar-refractivity contribution in [1.29, 1.82) is 0 Å². The van der Waals surface area contributed by atoms with E-state index in [2.05, 4.69) is 35.5 Å². The van der Waals surface area contributed by atoms with Crippen LogP contribution in [0.15, 0.2) is 35.1 Å². The number of rotatable bonds is 4. The van der Waals surface area contributed by atoms with Gasteiger partial charge in [0.05, 0.1) is 0 Å². The molecule has 11 nitrogen and oxygen atoms in total. The molecule has 0 N–H and O–H groups in total. The Kier molecular flexibility index (Phi) is 3.32. The lowest BCUT2D eigenvalue weighted by atomic mass is 10.2. The SMILES string of the molecule is Cc1nc(-c2nnc3c4ccccc4c(OCc4ncn(C)n4)nn23)no1. The highest BCUT2D eigenvalue weighted by Crippen LogP contribution is 2.28. The standard InChI is InChI=1S/C16H13N9O2/c1-9-18-13(23-27-9)15-20-19-14-10-5-3-4-6-11(10)16(22-25(14)15)26-7-12-17-8-24(2)21-12/h3-6,8H,7H2,1-2H3. The summed E-state index contributed by atoms with van der Waals surface area (Å²) in [4.78, 5) is 8.37. The normalized spacial score (nSPS) is 11.5. The molecule has 0 aliphatic heterocycles. The number of hydrogen-bond acceptors (Lipinski definition) is 9. The number of ether oxygens (including phenoxy) is 1. The first-order valence-electron chi connectivity index (χ1n) is 8.11. The molecule has 5 rings (SSSR count). The van der Waals surface area contributed by atoms with Crippen LogP contribution in [0.2, 0.25) is 0 Å². The van der Waals surface area contributed by atoms with E-state index in [4.69, 9.17) is 9.26 Å². The monoisotopic (exact) mass is 363 g/mol. The maximum atomic E-state index is 5.90. The van der Waals surface area contributed by atoms with Crippen LogP contribution < -0.4 is 4.74 Å². The highest BCUT2D eigenvalue weighted by molar-refractivity contribution is 5.96. The highest BCUT2D eigenvalue weighted by atomic mass is 16.5. The molecule has 0 radical (unpaired) electrons. The largest absolute Gasteiger partial charge is 0.468 e. The molecule has 0 spiro atoms. The van der Waals surface area contributed by atoms with Gasteiger partial charge in [-0.25, -0.2) is 4.98 Å². The maximum Gasteiger partial charge on any atom is 0.242 e.